The maximum atomic E-state index is 9.55. The van der Waals surface area contributed by atoms with Crippen LogP contribution in [0.15, 0.2) is 54.6 Å². The molecule has 1 fully saturated rings. The van der Waals surface area contributed by atoms with Crippen LogP contribution in [0.4, 0.5) is 0 Å². The predicted octanol–water partition coefficient (Wildman–Crippen LogP) is 5.46. The molecule has 1 unspecified atom stereocenters. The average Bonchev–Trinajstić information content (AvgIpc) is 3.06. The first-order valence-corrected chi connectivity index (χ1v) is 11.4. The molecule has 2 heterocycles. The molecule has 4 rings (SSSR count). The molecule has 164 valence electrons. The molecule has 0 saturated carbocycles. The van der Waals surface area contributed by atoms with Crippen LogP contribution in [0.25, 0.3) is 0 Å². The molecule has 1 spiro atoms. The Bertz CT molecular complexity index is 987. The molecule has 2 aliphatic rings. The van der Waals surface area contributed by atoms with Gasteiger partial charge in [0, 0.05) is 16.9 Å². The number of hydrogen-bond donors (Lipinski definition) is 2. The molecule has 0 radical (unpaired) electrons. The lowest BCUT2D eigenvalue weighted by Crippen LogP contribution is -2.37. The number of hydrogen-bond acceptors (Lipinski definition) is 4. The third-order valence-corrected chi connectivity index (χ3v) is 8.07. The third-order valence-electron chi connectivity index (χ3n) is 5.49. The number of piperidine rings is 1. The van der Waals surface area contributed by atoms with E-state index in [0.29, 0.717) is 27.4 Å². The third kappa shape index (κ3) is 5.63. The van der Waals surface area contributed by atoms with Gasteiger partial charge in [-0.05, 0) is 61.8 Å². The van der Waals surface area contributed by atoms with E-state index in [0.717, 1.165) is 13.1 Å². The Morgan fingerprint density at radius 1 is 1.03 bits per heavy atom. The zero-order valence-corrected chi connectivity index (χ0v) is 19.3. The summed E-state index contributed by atoms with van der Waals surface area (Å²) < 4.78 is 0.250. The van der Waals surface area contributed by atoms with E-state index < -0.39 is 11.9 Å². The van der Waals surface area contributed by atoms with Gasteiger partial charge in [-0.1, -0.05) is 53.5 Å². The lowest BCUT2D eigenvalue weighted by Gasteiger charge is -2.38. The van der Waals surface area contributed by atoms with E-state index in [1.165, 1.54) is 29.5 Å². The molecule has 2 N–H and O–H groups in total. The monoisotopic (exact) mass is 479 g/mol. The van der Waals surface area contributed by atoms with E-state index in [2.05, 4.69) is 54.0 Å². The van der Waals surface area contributed by atoms with Crippen LogP contribution in [0.2, 0.25) is 10.0 Å². The van der Waals surface area contributed by atoms with Crippen molar-refractivity contribution in [2.75, 3.05) is 20.1 Å². The zero-order chi connectivity index (χ0) is 22.6. The molecule has 0 bridgehead atoms. The van der Waals surface area contributed by atoms with Crippen molar-refractivity contribution in [1.82, 2.24) is 4.90 Å². The van der Waals surface area contributed by atoms with Gasteiger partial charge in [0.05, 0.1) is 15.3 Å². The number of carbonyl (C=O) groups is 2. The number of nitrogens with zero attached hydrogens (tertiary/aromatic N) is 1. The molecule has 5 nitrogen and oxygen atoms in total. The van der Waals surface area contributed by atoms with E-state index in [4.69, 9.17) is 33.4 Å². The largest absolute Gasteiger partial charge is 0.478 e. The highest BCUT2D eigenvalue weighted by molar-refractivity contribution is 8.01. The summed E-state index contributed by atoms with van der Waals surface area (Å²) in [5.41, 5.74) is 4.22. The Morgan fingerprint density at radius 3 is 2.23 bits per heavy atom. The molecule has 31 heavy (non-hydrogen) atoms. The Morgan fingerprint density at radius 2 is 1.65 bits per heavy atom. The van der Waals surface area contributed by atoms with Crippen molar-refractivity contribution in [3.05, 3.63) is 81.4 Å². The number of aliphatic carboxylic acids is 2. The fourth-order valence-electron chi connectivity index (χ4n) is 3.93. The van der Waals surface area contributed by atoms with E-state index >= 15 is 0 Å². The Labute approximate surface area is 195 Å². The summed E-state index contributed by atoms with van der Waals surface area (Å²) in [7, 11) is 2.22. The molecule has 1 atom stereocenters. The SMILES string of the molecule is CN1CCC2(CC1)SC(c1ccc(Cl)c(Cl)c1)c1ccccc12.O=C(O)/C=C\C(=O)O. The van der Waals surface area contributed by atoms with E-state index in [1.54, 1.807) is 0 Å². The quantitative estimate of drug-likeness (QED) is 0.568. The van der Waals surface area contributed by atoms with Crippen LogP contribution in [0.3, 0.4) is 0 Å². The van der Waals surface area contributed by atoms with Gasteiger partial charge in [0.2, 0.25) is 0 Å². The van der Waals surface area contributed by atoms with Crippen molar-refractivity contribution >= 4 is 46.9 Å². The molecule has 0 aromatic heterocycles. The number of carboxylic acid groups (broad SMARTS) is 2. The smallest absolute Gasteiger partial charge is 0.328 e. The minimum Gasteiger partial charge on any atom is -0.478 e. The lowest BCUT2D eigenvalue weighted by molar-refractivity contribution is -0.134. The fraction of sp³-hybridized carbons (Fsp3) is 0.304. The zero-order valence-electron chi connectivity index (χ0n) is 16.9. The van der Waals surface area contributed by atoms with Crippen molar-refractivity contribution in [3.63, 3.8) is 0 Å². The normalized spacial score (nSPS) is 19.6. The number of rotatable bonds is 3. The second-order valence-electron chi connectivity index (χ2n) is 7.57. The number of halogens is 2. The summed E-state index contributed by atoms with van der Waals surface area (Å²) in [6, 6.07) is 15.0. The Hall–Kier alpha value is -1.99. The first-order valence-electron chi connectivity index (χ1n) is 9.76. The topological polar surface area (TPSA) is 77.8 Å². The van der Waals surface area contributed by atoms with Gasteiger partial charge in [-0.15, -0.1) is 11.8 Å². The molecule has 2 aromatic carbocycles. The molecular weight excluding hydrogens is 457 g/mol. The lowest BCUT2D eigenvalue weighted by atomic mass is 9.84. The van der Waals surface area contributed by atoms with Crippen molar-refractivity contribution in [2.24, 2.45) is 0 Å². The van der Waals surface area contributed by atoms with Gasteiger partial charge in [-0.3, -0.25) is 0 Å². The number of fused-ring (bicyclic) bond motifs is 2. The highest BCUT2D eigenvalue weighted by Crippen LogP contribution is 2.61. The van der Waals surface area contributed by atoms with Crippen molar-refractivity contribution in [3.8, 4) is 0 Å². The molecule has 0 amide bonds. The summed E-state index contributed by atoms with van der Waals surface area (Å²) in [5, 5.41) is 17.2. The van der Waals surface area contributed by atoms with Gasteiger partial charge in [-0.25, -0.2) is 9.59 Å². The van der Waals surface area contributed by atoms with Crippen LogP contribution in [0.1, 0.15) is 34.8 Å². The number of benzene rings is 2. The summed E-state index contributed by atoms with van der Waals surface area (Å²) in [6.45, 7) is 2.32. The van der Waals surface area contributed by atoms with Crippen LogP contribution in [-0.2, 0) is 14.3 Å². The highest BCUT2D eigenvalue weighted by Gasteiger charge is 2.46. The van der Waals surface area contributed by atoms with Crippen LogP contribution >= 0.6 is 35.0 Å². The van der Waals surface area contributed by atoms with E-state index in [9.17, 15) is 9.59 Å². The molecule has 2 aromatic rings. The van der Waals surface area contributed by atoms with Crippen LogP contribution in [-0.4, -0.2) is 47.2 Å². The van der Waals surface area contributed by atoms with Gasteiger partial charge >= 0.3 is 11.9 Å². The summed E-state index contributed by atoms with van der Waals surface area (Å²) >= 11 is 14.5. The highest BCUT2D eigenvalue weighted by atomic mass is 35.5. The van der Waals surface area contributed by atoms with Gasteiger partial charge in [-0.2, -0.15) is 0 Å². The standard InChI is InChI=1S/C19H19Cl2NS.C4H4O4/c1-22-10-8-19(9-11-22)15-5-3-2-4-14(15)18(23-19)13-6-7-16(20)17(21)12-13;5-3(6)1-2-4(7)8/h2-7,12,18H,8-11H2,1H3;1-2H,(H,5,6)(H,7,8)/b;2-1-. The Kier molecular flexibility index (Phi) is 7.70. The number of likely N-dealkylation sites (tertiary alicyclic amines) is 1. The van der Waals surface area contributed by atoms with Crippen LogP contribution < -0.4 is 0 Å². The Balaban J connectivity index is 0.000000293. The molecule has 2 aliphatic heterocycles. The van der Waals surface area contributed by atoms with E-state index in [1.807, 2.05) is 12.1 Å². The second-order valence-corrected chi connectivity index (χ2v) is 9.87. The fourth-order valence-corrected chi connectivity index (χ4v) is 6.03. The van der Waals surface area contributed by atoms with Gasteiger partial charge in [0.15, 0.2) is 0 Å². The van der Waals surface area contributed by atoms with Crippen molar-refractivity contribution in [1.29, 1.82) is 0 Å². The first-order chi connectivity index (χ1) is 14.7. The summed E-state index contributed by atoms with van der Waals surface area (Å²) in [5.74, 6) is -2.51. The first kappa shape index (κ1) is 23.7. The number of thioether (sulfide) groups is 1. The van der Waals surface area contributed by atoms with Crippen molar-refractivity contribution in [2.45, 2.75) is 22.8 Å². The van der Waals surface area contributed by atoms with Crippen molar-refractivity contribution < 1.29 is 19.8 Å². The summed E-state index contributed by atoms with van der Waals surface area (Å²) in [4.78, 5) is 21.5. The average molecular weight is 480 g/mol. The van der Waals surface area contributed by atoms with Gasteiger partial charge in [0.25, 0.3) is 0 Å². The predicted molar refractivity (Wildman–Crippen MR) is 125 cm³/mol. The van der Waals surface area contributed by atoms with Crippen LogP contribution in [0, 0.1) is 0 Å². The molecule has 8 heteroatoms. The van der Waals surface area contributed by atoms with Gasteiger partial charge in [0.1, 0.15) is 0 Å². The molecule has 1 saturated heterocycles. The minimum absolute atomic E-state index is 0.250. The summed E-state index contributed by atoms with van der Waals surface area (Å²) in [6.07, 6.45) is 3.54. The maximum absolute atomic E-state index is 9.55. The van der Waals surface area contributed by atoms with E-state index in [-0.39, 0.29) is 4.75 Å². The molecule has 0 aliphatic carbocycles. The second kappa shape index (κ2) is 10.1. The molecular formula is C23H23Cl2NO4S. The van der Waals surface area contributed by atoms with Crippen LogP contribution in [0.5, 0.6) is 0 Å². The van der Waals surface area contributed by atoms with Gasteiger partial charge < -0.3 is 15.1 Å². The number of carboxylic acids is 2. The maximum Gasteiger partial charge on any atom is 0.328 e. The minimum atomic E-state index is -1.26.